The van der Waals surface area contributed by atoms with Crippen molar-refractivity contribution in [1.82, 2.24) is 0 Å². The number of esters is 1. The molecule has 0 unspecified atom stereocenters. The van der Waals surface area contributed by atoms with Gasteiger partial charge in [0, 0.05) is 10.7 Å². The van der Waals surface area contributed by atoms with E-state index >= 15 is 0 Å². The number of nitrogens with one attached hydrogen (secondary N) is 1. The number of benzene rings is 2. The van der Waals surface area contributed by atoms with E-state index in [1.807, 2.05) is 0 Å². The Bertz CT molecular complexity index is 733. The number of methoxy groups -OCH3 is 1. The van der Waals surface area contributed by atoms with E-state index in [1.54, 1.807) is 48.5 Å². The first kappa shape index (κ1) is 18.6. The first-order chi connectivity index (χ1) is 12.0. The van der Waals surface area contributed by atoms with E-state index in [4.69, 9.17) is 25.8 Å². The van der Waals surface area contributed by atoms with Gasteiger partial charge in [0.05, 0.1) is 7.11 Å². The van der Waals surface area contributed by atoms with Gasteiger partial charge >= 0.3 is 5.97 Å². The first-order valence-electron chi connectivity index (χ1n) is 7.51. The Morgan fingerprint density at radius 3 is 2.36 bits per heavy atom. The zero-order valence-corrected chi connectivity index (χ0v) is 14.6. The third kappa shape index (κ3) is 5.69. The highest BCUT2D eigenvalue weighted by atomic mass is 35.5. The number of carbonyl (C=O) groups is 2. The van der Waals surface area contributed by atoms with Crippen LogP contribution in [-0.2, 0) is 14.3 Å². The number of amides is 1. The summed E-state index contributed by atoms with van der Waals surface area (Å²) < 4.78 is 15.5. The quantitative estimate of drug-likeness (QED) is 0.764. The van der Waals surface area contributed by atoms with E-state index in [2.05, 4.69) is 5.32 Å². The van der Waals surface area contributed by atoms with Crippen molar-refractivity contribution in [1.29, 1.82) is 0 Å². The fraction of sp³-hybridized carbons (Fsp3) is 0.222. The molecule has 1 N–H and O–H groups in total. The van der Waals surface area contributed by atoms with Crippen LogP contribution in [-0.4, -0.2) is 31.7 Å². The number of carbonyl (C=O) groups excluding carboxylic acids is 2. The van der Waals surface area contributed by atoms with Crippen molar-refractivity contribution >= 4 is 29.2 Å². The molecule has 2 aromatic rings. The Balaban J connectivity index is 1.82. The highest BCUT2D eigenvalue weighted by Gasteiger charge is 2.18. The molecule has 25 heavy (non-hydrogen) atoms. The predicted octanol–water partition coefficient (Wildman–Crippen LogP) is 3.30. The van der Waals surface area contributed by atoms with Gasteiger partial charge in [0.2, 0.25) is 0 Å². The van der Waals surface area contributed by atoms with Gasteiger partial charge in [-0.1, -0.05) is 23.7 Å². The summed E-state index contributed by atoms with van der Waals surface area (Å²) >= 11 is 5.78. The Hall–Kier alpha value is -2.73. The number of halogens is 1. The maximum Gasteiger partial charge on any atom is 0.344 e. The summed E-state index contributed by atoms with van der Waals surface area (Å²) in [5, 5.41) is 3.19. The topological polar surface area (TPSA) is 73.9 Å². The molecule has 1 atom stereocenters. The monoisotopic (exact) mass is 363 g/mol. The van der Waals surface area contributed by atoms with Crippen molar-refractivity contribution in [2.24, 2.45) is 0 Å². The highest BCUT2D eigenvalue weighted by Crippen LogP contribution is 2.25. The minimum Gasteiger partial charge on any atom is -0.493 e. The fourth-order valence-electron chi connectivity index (χ4n) is 1.94. The maximum absolute atomic E-state index is 12.0. The van der Waals surface area contributed by atoms with Crippen LogP contribution in [0.15, 0.2) is 48.5 Å². The molecule has 0 saturated heterocycles. The van der Waals surface area contributed by atoms with Crippen LogP contribution in [0.4, 0.5) is 5.69 Å². The van der Waals surface area contributed by atoms with Crippen molar-refractivity contribution in [3.05, 3.63) is 53.6 Å². The molecule has 1 amide bonds. The summed E-state index contributed by atoms with van der Waals surface area (Å²) in [5.41, 5.74) is 0.558. The summed E-state index contributed by atoms with van der Waals surface area (Å²) in [5.74, 6) is -0.193. The SMILES string of the molecule is COc1ccccc1OCC(=O)O[C@@H](C)C(=O)Nc1ccc(Cl)cc1. The molecular weight excluding hydrogens is 346 g/mol. The molecule has 2 rings (SSSR count). The van der Waals surface area contributed by atoms with Gasteiger partial charge in [-0.3, -0.25) is 4.79 Å². The van der Waals surface area contributed by atoms with Crippen LogP contribution < -0.4 is 14.8 Å². The summed E-state index contributed by atoms with van der Waals surface area (Å²) in [6, 6.07) is 13.5. The summed E-state index contributed by atoms with van der Waals surface area (Å²) in [4.78, 5) is 23.9. The van der Waals surface area contributed by atoms with E-state index in [0.717, 1.165) is 0 Å². The molecule has 132 valence electrons. The molecule has 0 heterocycles. The van der Waals surface area contributed by atoms with Crippen molar-refractivity contribution < 1.29 is 23.8 Å². The molecule has 0 spiro atoms. The molecule has 7 heteroatoms. The average Bonchev–Trinajstić information content (AvgIpc) is 2.62. The third-order valence-electron chi connectivity index (χ3n) is 3.20. The molecule has 0 aromatic heterocycles. The molecule has 2 aromatic carbocycles. The molecular formula is C18H18ClNO5. The van der Waals surface area contributed by atoms with Gasteiger partial charge in [0.15, 0.2) is 24.2 Å². The van der Waals surface area contributed by atoms with Gasteiger partial charge < -0.3 is 19.5 Å². The molecule has 0 aliphatic carbocycles. The Labute approximate surface area is 150 Å². The summed E-state index contributed by atoms with van der Waals surface area (Å²) in [6.45, 7) is 1.14. The average molecular weight is 364 g/mol. The molecule has 0 bridgehead atoms. The Kier molecular flexibility index (Phi) is 6.65. The number of hydrogen-bond donors (Lipinski definition) is 1. The number of rotatable bonds is 7. The fourth-order valence-corrected chi connectivity index (χ4v) is 2.06. The molecule has 0 aliphatic heterocycles. The standard InChI is InChI=1S/C18H18ClNO5/c1-12(18(22)20-14-9-7-13(19)8-10-14)25-17(21)11-24-16-6-4-3-5-15(16)23-2/h3-10,12H,11H2,1-2H3,(H,20,22)/t12-/m0/s1. The van der Waals surface area contributed by atoms with Gasteiger partial charge in [0.25, 0.3) is 5.91 Å². The summed E-state index contributed by atoms with van der Waals surface area (Å²) in [7, 11) is 1.50. The lowest BCUT2D eigenvalue weighted by atomic mass is 10.3. The zero-order chi connectivity index (χ0) is 18.2. The second-order valence-electron chi connectivity index (χ2n) is 5.07. The van der Waals surface area contributed by atoms with E-state index < -0.39 is 18.0 Å². The van der Waals surface area contributed by atoms with Gasteiger partial charge in [-0.2, -0.15) is 0 Å². The molecule has 0 aliphatic rings. The maximum atomic E-state index is 12.0. The number of hydrogen-bond acceptors (Lipinski definition) is 5. The normalized spacial score (nSPS) is 11.3. The van der Waals surface area contributed by atoms with Gasteiger partial charge in [-0.25, -0.2) is 4.79 Å². The lowest BCUT2D eigenvalue weighted by Crippen LogP contribution is -2.31. The molecule has 0 fully saturated rings. The first-order valence-corrected chi connectivity index (χ1v) is 7.89. The number of ether oxygens (including phenoxy) is 3. The van der Waals surface area contributed by atoms with E-state index in [0.29, 0.717) is 22.2 Å². The van der Waals surface area contributed by atoms with Crippen LogP contribution in [0.25, 0.3) is 0 Å². The van der Waals surface area contributed by atoms with Crippen molar-refractivity contribution in [2.75, 3.05) is 19.0 Å². The van der Waals surface area contributed by atoms with Crippen molar-refractivity contribution in [2.45, 2.75) is 13.0 Å². The molecule has 0 radical (unpaired) electrons. The molecule has 0 saturated carbocycles. The van der Waals surface area contributed by atoms with Crippen molar-refractivity contribution in [3.8, 4) is 11.5 Å². The highest BCUT2D eigenvalue weighted by molar-refractivity contribution is 6.30. The minimum atomic E-state index is -0.968. The van der Waals surface area contributed by atoms with Crippen LogP contribution >= 0.6 is 11.6 Å². The molecule has 6 nitrogen and oxygen atoms in total. The Morgan fingerprint density at radius 1 is 1.08 bits per heavy atom. The predicted molar refractivity (Wildman–Crippen MR) is 94.1 cm³/mol. The van der Waals surface area contributed by atoms with Crippen LogP contribution in [0.1, 0.15) is 6.92 Å². The van der Waals surface area contributed by atoms with E-state index in [9.17, 15) is 9.59 Å². The third-order valence-corrected chi connectivity index (χ3v) is 3.46. The minimum absolute atomic E-state index is 0.334. The van der Waals surface area contributed by atoms with Crippen LogP contribution in [0.5, 0.6) is 11.5 Å². The van der Waals surface area contributed by atoms with E-state index in [-0.39, 0.29) is 6.61 Å². The largest absolute Gasteiger partial charge is 0.493 e. The smallest absolute Gasteiger partial charge is 0.344 e. The van der Waals surface area contributed by atoms with Crippen LogP contribution in [0, 0.1) is 0 Å². The van der Waals surface area contributed by atoms with Gasteiger partial charge in [-0.05, 0) is 43.3 Å². The van der Waals surface area contributed by atoms with Crippen LogP contribution in [0.2, 0.25) is 5.02 Å². The van der Waals surface area contributed by atoms with Crippen LogP contribution in [0.3, 0.4) is 0 Å². The second kappa shape index (κ2) is 8.94. The lowest BCUT2D eigenvalue weighted by Gasteiger charge is -2.14. The second-order valence-corrected chi connectivity index (χ2v) is 5.50. The lowest BCUT2D eigenvalue weighted by molar-refractivity contribution is -0.155. The van der Waals surface area contributed by atoms with Crippen molar-refractivity contribution in [3.63, 3.8) is 0 Å². The van der Waals surface area contributed by atoms with Gasteiger partial charge in [-0.15, -0.1) is 0 Å². The summed E-state index contributed by atoms with van der Waals surface area (Å²) in [6.07, 6.45) is -0.968. The number of para-hydroxylation sites is 2. The van der Waals surface area contributed by atoms with E-state index in [1.165, 1.54) is 14.0 Å². The Morgan fingerprint density at radius 2 is 1.72 bits per heavy atom. The van der Waals surface area contributed by atoms with Gasteiger partial charge in [0.1, 0.15) is 0 Å². The zero-order valence-electron chi connectivity index (χ0n) is 13.8. The number of anilines is 1.